The van der Waals surface area contributed by atoms with Gasteiger partial charge < -0.3 is 10.6 Å². The lowest BCUT2D eigenvalue weighted by atomic mass is 10.2. The van der Waals surface area contributed by atoms with Crippen LogP contribution in [0.1, 0.15) is 16.1 Å². The molecule has 3 rings (SSSR count). The molecule has 0 saturated carbocycles. The first-order valence-electron chi connectivity index (χ1n) is 7.13. The molecule has 1 aromatic carbocycles. The van der Waals surface area contributed by atoms with Crippen molar-refractivity contribution in [2.24, 2.45) is 0 Å². The van der Waals surface area contributed by atoms with Crippen LogP contribution in [0.5, 0.6) is 0 Å². The first kappa shape index (κ1) is 17.8. The zero-order valence-corrected chi connectivity index (χ0v) is 13.7. The van der Waals surface area contributed by atoms with E-state index in [1.807, 2.05) is 0 Å². The fourth-order valence-electron chi connectivity index (χ4n) is 2.01. The van der Waals surface area contributed by atoms with Crippen LogP contribution in [-0.4, -0.2) is 15.9 Å². The van der Waals surface area contributed by atoms with Gasteiger partial charge in [0.05, 0.1) is 17.4 Å². The number of thiazole rings is 1. The van der Waals surface area contributed by atoms with Crippen molar-refractivity contribution in [2.45, 2.75) is 6.18 Å². The maximum Gasteiger partial charge on any atom is 0.419 e. The fourth-order valence-corrected chi connectivity index (χ4v) is 2.72. The summed E-state index contributed by atoms with van der Waals surface area (Å²) in [5, 5.41) is 7.08. The van der Waals surface area contributed by atoms with Gasteiger partial charge in [0.2, 0.25) is 0 Å². The first-order valence-corrected chi connectivity index (χ1v) is 8.01. The number of aromatic nitrogens is 2. The zero-order chi connectivity index (χ0) is 18.7. The Kier molecular flexibility index (Phi) is 4.85. The third-order valence-electron chi connectivity index (χ3n) is 3.18. The lowest BCUT2D eigenvalue weighted by Crippen LogP contribution is -2.14. The van der Waals surface area contributed by atoms with Gasteiger partial charge in [0.15, 0.2) is 5.13 Å². The molecule has 0 fully saturated rings. The van der Waals surface area contributed by atoms with Gasteiger partial charge in [-0.15, -0.1) is 11.3 Å². The maximum atomic E-state index is 13.3. The number of pyridine rings is 1. The maximum absolute atomic E-state index is 13.3. The molecule has 5 nitrogen and oxygen atoms in total. The Hall–Kier alpha value is -3.01. The number of amides is 1. The molecule has 134 valence electrons. The molecule has 2 aromatic heterocycles. The third-order valence-corrected chi connectivity index (χ3v) is 3.94. The van der Waals surface area contributed by atoms with Crippen LogP contribution < -0.4 is 10.6 Å². The van der Waals surface area contributed by atoms with E-state index in [0.717, 1.165) is 17.4 Å². The van der Waals surface area contributed by atoms with Gasteiger partial charge in [-0.3, -0.25) is 9.78 Å². The van der Waals surface area contributed by atoms with Gasteiger partial charge in [0.1, 0.15) is 11.5 Å². The second-order valence-electron chi connectivity index (χ2n) is 5.05. The van der Waals surface area contributed by atoms with Crippen LogP contribution >= 0.6 is 11.3 Å². The Bertz CT molecular complexity index is 927. The number of carbonyl (C=O) groups is 1. The van der Waals surface area contributed by atoms with Crippen molar-refractivity contribution >= 4 is 33.8 Å². The molecule has 0 aliphatic carbocycles. The third kappa shape index (κ3) is 4.14. The Morgan fingerprint density at radius 3 is 2.65 bits per heavy atom. The summed E-state index contributed by atoms with van der Waals surface area (Å²) in [6.07, 6.45) is -1.69. The van der Waals surface area contributed by atoms with Gasteiger partial charge in [0, 0.05) is 17.3 Å². The van der Waals surface area contributed by atoms with Crippen LogP contribution in [0.15, 0.2) is 48.1 Å². The molecule has 0 unspecified atom stereocenters. The number of halogens is 4. The predicted molar refractivity (Wildman–Crippen MR) is 89.0 cm³/mol. The number of carbonyl (C=O) groups excluding carboxylic acids is 1. The number of anilines is 3. The van der Waals surface area contributed by atoms with Crippen LogP contribution in [0.3, 0.4) is 0 Å². The average Bonchev–Trinajstić information content (AvgIpc) is 3.05. The topological polar surface area (TPSA) is 66.9 Å². The Morgan fingerprint density at radius 1 is 1.15 bits per heavy atom. The minimum atomic E-state index is -4.85. The molecule has 0 aliphatic heterocycles. The van der Waals surface area contributed by atoms with E-state index in [2.05, 4.69) is 20.6 Å². The van der Waals surface area contributed by atoms with E-state index in [4.69, 9.17) is 0 Å². The number of nitrogens with one attached hydrogen (secondary N) is 2. The minimum absolute atomic E-state index is 0.0132. The highest BCUT2D eigenvalue weighted by molar-refractivity contribution is 7.14. The van der Waals surface area contributed by atoms with E-state index in [-0.39, 0.29) is 11.4 Å². The standard InChI is InChI=1S/C16H10F4N4OS/c17-12-4-3-9(6-11(12)16(18,19)20)22-14(25)13-8-26-15(24-13)23-10-2-1-5-21-7-10/h1-8H,(H,22,25)(H,23,24). The summed E-state index contributed by atoms with van der Waals surface area (Å²) in [4.78, 5) is 20.1. The summed E-state index contributed by atoms with van der Waals surface area (Å²) in [5.41, 5.74) is -0.951. The second-order valence-corrected chi connectivity index (χ2v) is 5.91. The van der Waals surface area contributed by atoms with Crippen molar-refractivity contribution in [2.75, 3.05) is 10.6 Å². The van der Waals surface area contributed by atoms with E-state index in [1.54, 1.807) is 24.5 Å². The molecule has 0 bridgehead atoms. The second kappa shape index (κ2) is 7.08. The molecule has 2 N–H and O–H groups in total. The van der Waals surface area contributed by atoms with Crippen molar-refractivity contribution in [3.05, 3.63) is 65.2 Å². The highest BCUT2D eigenvalue weighted by Gasteiger charge is 2.34. The zero-order valence-electron chi connectivity index (χ0n) is 12.8. The summed E-state index contributed by atoms with van der Waals surface area (Å²) < 4.78 is 51.4. The normalized spacial score (nSPS) is 11.2. The molecule has 0 aliphatic rings. The minimum Gasteiger partial charge on any atom is -0.330 e. The number of hydrogen-bond donors (Lipinski definition) is 2. The summed E-state index contributed by atoms with van der Waals surface area (Å²) in [6, 6.07) is 5.70. The van der Waals surface area contributed by atoms with E-state index in [0.29, 0.717) is 23.0 Å². The van der Waals surface area contributed by atoms with Gasteiger partial charge in [0.25, 0.3) is 5.91 Å². The first-order chi connectivity index (χ1) is 12.3. The van der Waals surface area contributed by atoms with Gasteiger partial charge >= 0.3 is 6.18 Å². The van der Waals surface area contributed by atoms with E-state index < -0.39 is 23.5 Å². The Balaban J connectivity index is 1.73. The van der Waals surface area contributed by atoms with Crippen molar-refractivity contribution in [1.82, 2.24) is 9.97 Å². The largest absolute Gasteiger partial charge is 0.419 e. The summed E-state index contributed by atoms with van der Waals surface area (Å²) in [5.74, 6) is -2.12. The summed E-state index contributed by atoms with van der Waals surface area (Å²) in [7, 11) is 0. The molecule has 2 heterocycles. The number of nitrogens with zero attached hydrogens (tertiary/aromatic N) is 2. The highest BCUT2D eigenvalue weighted by Crippen LogP contribution is 2.33. The Labute approximate surface area is 148 Å². The van der Waals surface area contributed by atoms with Crippen molar-refractivity contribution in [1.29, 1.82) is 0 Å². The molecule has 10 heteroatoms. The quantitative estimate of drug-likeness (QED) is 0.643. The summed E-state index contributed by atoms with van der Waals surface area (Å²) >= 11 is 1.14. The van der Waals surface area contributed by atoms with Gasteiger partial charge in [-0.2, -0.15) is 13.2 Å². The molecular formula is C16H10F4N4OS. The predicted octanol–water partition coefficient (Wildman–Crippen LogP) is 4.69. The van der Waals surface area contributed by atoms with Crippen molar-refractivity contribution in [3.8, 4) is 0 Å². The molecule has 3 aromatic rings. The smallest absolute Gasteiger partial charge is 0.330 e. The molecule has 0 saturated heterocycles. The molecule has 1 amide bonds. The van der Waals surface area contributed by atoms with E-state index in [1.165, 1.54) is 5.38 Å². The summed E-state index contributed by atoms with van der Waals surface area (Å²) in [6.45, 7) is 0. The van der Waals surface area contributed by atoms with Crippen LogP contribution in [-0.2, 0) is 6.18 Å². The van der Waals surface area contributed by atoms with Gasteiger partial charge in [-0.05, 0) is 30.3 Å². The van der Waals surface area contributed by atoms with Crippen LogP contribution in [0.2, 0.25) is 0 Å². The van der Waals surface area contributed by atoms with Crippen LogP contribution in [0.4, 0.5) is 34.1 Å². The lowest BCUT2D eigenvalue weighted by Gasteiger charge is -2.10. The fraction of sp³-hybridized carbons (Fsp3) is 0.0625. The molecular weight excluding hydrogens is 372 g/mol. The van der Waals surface area contributed by atoms with Crippen LogP contribution in [0.25, 0.3) is 0 Å². The van der Waals surface area contributed by atoms with Gasteiger partial charge in [-0.25, -0.2) is 9.37 Å². The number of alkyl halides is 3. The van der Waals surface area contributed by atoms with Crippen molar-refractivity contribution in [3.63, 3.8) is 0 Å². The van der Waals surface area contributed by atoms with E-state index in [9.17, 15) is 22.4 Å². The number of hydrogen-bond acceptors (Lipinski definition) is 5. The molecule has 0 spiro atoms. The van der Waals surface area contributed by atoms with Crippen LogP contribution in [0, 0.1) is 5.82 Å². The molecule has 0 atom stereocenters. The number of rotatable bonds is 4. The highest BCUT2D eigenvalue weighted by atomic mass is 32.1. The van der Waals surface area contributed by atoms with Gasteiger partial charge in [-0.1, -0.05) is 0 Å². The number of benzene rings is 1. The van der Waals surface area contributed by atoms with E-state index >= 15 is 0 Å². The SMILES string of the molecule is O=C(Nc1ccc(F)c(C(F)(F)F)c1)c1csc(Nc2cccnc2)n1. The lowest BCUT2D eigenvalue weighted by molar-refractivity contribution is -0.139. The average molecular weight is 382 g/mol. The van der Waals surface area contributed by atoms with Crippen molar-refractivity contribution < 1.29 is 22.4 Å². The molecule has 0 radical (unpaired) electrons. The monoisotopic (exact) mass is 382 g/mol. The molecule has 26 heavy (non-hydrogen) atoms. The Morgan fingerprint density at radius 2 is 1.96 bits per heavy atom.